The van der Waals surface area contributed by atoms with E-state index in [9.17, 15) is 0 Å². The Hall–Kier alpha value is -1.31. The molecule has 0 heterocycles. The summed E-state index contributed by atoms with van der Waals surface area (Å²) in [5, 5.41) is 0. The Morgan fingerprint density at radius 1 is 1.36 bits per heavy atom. The van der Waals surface area contributed by atoms with Gasteiger partial charge in [-0.3, -0.25) is 4.99 Å². The molecule has 0 spiro atoms. The number of hydrogen-bond donors (Lipinski definition) is 0. The first kappa shape index (κ1) is 9.25. The molecule has 74 valence electrons. The Bertz CT molecular complexity index is 331. The van der Waals surface area contributed by atoms with Crippen LogP contribution in [0.5, 0.6) is 0 Å². The minimum absolute atomic E-state index is 0.507. The Kier molecular flexibility index (Phi) is 2.53. The van der Waals surface area contributed by atoms with Gasteiger partial charge in [0.25, 0.3) is 0 Å². The molecule has 1 aromatic carbocycles. The van der Waals surface area contributed by atoms with Crippen molar-refractivity contribution in [3.8, 4) is 0 Å². The number of aliphatic imine (C=N–C) groups is 1. The zero-order chi connectivity index (χ0) is 9.97. The summed E-state index contributed by atoms with van der Waals surface area (Å²) < 4.78 is 5.23. The van der Waals surface area contributed by atoms with Crippen LogP contribution < -0.4 is 0 Å². The smallest absolute Gasteiger partial charge is 0.186 e. The van der Waals surface area contributed by atoms with Gasteiger partial charge in [0.2, 0.25) is 0 Å². The third kappa shape index (κ3) is 1.65. The molecule has 0 saturated heterocycles. The van der Waals surface area contributed by atoms with Gasteiger partial charge >= 0.3 is 0 Å². The van der Waals surface area contributed by atoms with Crippen molar-refractivity contribution < 1.29 is 4.74 Å². The molecular weight excluding hydrogens is 174 g/mol. The van der Waals surface area contributed by atoms with E-state index in [2.05, 4.69) is 29.3 Å². The summed E-state index contributed by atoms with van der Waals surface area (Å²) in [4.78, 5) is 4.14. The molecule has 0 radical (unpaired) electrons. The lowest BCUT2D eigenvalue weighted by molar-refractivity contribution is 0.384. The molecular formula is C12H15NO. The Labute approximate surface area is 84.6 Å². The van der Waals surface area contributed by atoms with Crippen molar-refractivity contribution in [2.24, 2.45) is 10.9 Å². The minimum atomic E-state index is 0.507. The number of methoxy groups -OCH3 is 1. The fourth-order valence-corrected chi connectivity index (χ4v) is 1.95. The summed E-state index contributed by atoms with van der Waals surface area (Å²) in [7, 11) is 3.49. The normalized spacial score (nSPS) is 26.0. The summed E-state index contributed by atoms with van der Waals surface area (Å²) in [6.45, 7) is 0. The second-order valence-corrected chi connectivity index (χ2v) is 3.63. The van der Waals surface area contributed by atoms with Crippen LogP contribution in [0.4, 0.5) is 0 Å². The third-order valence-electron chi connectivity index (χ3n) is 2.76. The second kappa shape index (κ2) is 3.82. The maximum absolute atomic E-state index is 5.23. The van der Waals surface area contributed by atoms with Crippen molar-refractivity contribution in [3.63, 3.8) is 0 Å². The van der Waals surface area contributed by atoms with Crippen LogP contribution >= 0.6 is 0 Å². The van der Waals surface area contributed by atoms with E-state index in [1.54, 1.807) is 14.2 Å². The third-order valence-corrected chi connectivity index (χ3v) is 2.76. The number of hydrogen-bond acceptors (Lipinski definition) is 2. The van der Waals surface area contributed by atoms with Crippen molar-refractivity contribution in [1.82, 2.24) is 0 Å². The van der Waals surface area contributed by atoms with Gasteiger partial charge < -0.3 is 4.74 Å². The van der Waals surface area contributed by atoms with Gasteiger partial charge in [-0.2, -0.15) is 0 Å². The van der Waals surface area contributed by atoms with Crippen molar-refractivity contribution in [2.45, 2.75) is 12.3 Å². The molecule has 1 fully saturated rings. The average Bonchev–Trinajstić information content (AvgIpc) is 3.01. The largest absolute Gasteiger partial charge is 0.484 e. The van der Waals surface area contributed by atoms with Gasteiger partial charge in [-0.15, -0.1) is 0 Å². The van der Waals surface area contributed by atoms with E-state index in [-0.39, 0.29) is 0 Å². The van der Waals surface area contributed by atoms with Gasteiger partial charge in [0, 0.05) is 13.0 Å². The number of ether oxygens (including phenoxy) is 1. The van der Waals surface area contributed by atoms with Crippen LogP contribution in [0.25, 0.3) is 0 Å². The summed E-state index contributed by atoms with van der Waals surface area (Å²) in [5.41, 5.74) is 1.40. The number of nitrogens with zero attached hydrogens (tertiary/aromatic N) is 1. The molecule has 2 unspecified atom stereocenters. The predicted octanol–water partition coefficient (Wildman–Crippen LogP) is 2.46. The SMILES string of the molecule is CN=C(OC)C1CC1c1ccccc1. The lowest BCUT2D eigenvalue weighted by Crippen LogP contribution is -2.04. The molecule has 0 bridgehead atoms. The predicted molar refractivity (Wildman–Crippen MR) is 57.7 cm³/mol. The van der Waals surface area contributed by atoms with E-state index in [1.807, 2.05) is 6.07 Å². The maximum Gasteiger partial charge on any atom is 0.186 e. The zero-order valence-electron chi connectivity index (χ0n) is 8.60. The van der Waals surface area contributed by atoms with Crippen LogP contribution in [-0.4, -0.2) is 20.1 Å². The molecule has 0 aliphatic heterocycles. The van der Waals surface area contributed by atoms with E-state index in [1.165, 1.54) is 12.0 Å². The molecule has 14 heavy (non-hydrogen) atoms. The fraction of sp³-hybridized carbons (Fsp3) is 0.417. The molecule has 1 aromatic rings. The molecule has 0 amide bonds. The molecule has 1 aliphatic rings. The van der Waals surface area contributed by atoms with E-state index in [0.717, 1.165) is 5.90 Å². The molecule has 0 aromatic heterocycles. The van der Waals surface area contributed by atoms with Crippen LogP contribution in [0.1, 0.15) is 17.9 Å². The molecule has 2 rings (SSSR count). The van der Waals surface area contributed by atoms with Crippen LogP contribution in [0.15, 0.2) is 35.3 Å². The summed E-state index contributed by atoms with van der Waals surface area (Å²) in [5.74, 6) is 2.01. The van der Waals surface area contributed by atoms with E-state index in [4.69, 9.17) is 4.74 Å². The van der Waals surface area contributed by atoms with Crippen molar-refractivity contribution in [1.29, 1.82) is 0 Å². The van der Waals surface area contributed by atoms with Crippen molar-refractivity contribution >= 4 is 5.90 Å². The monoisotopic (exact) mass is 189 g/mol. The number of benzene rings is 1. The van der Waals surface area contributed by atoms with Crippen molar-refractivity contribution in [3.05, 3.63) is 35.9 Å². The first-order valence-electron chi connectivity index (χ1n) is 4.92. The zero-order valence-corrected chi connectivity index (χ0v) is 8.60. The van der Waals surface area contributed by atoms with Gasteiger partial charge in [-0.05, 0) is 17.9 Å². The second-order valence-electron chi connectivity index (χ2n) is 3.63. The van der Waals surface area contributed by atoms with Gasteiger partial charge in [0.1, 0.15) is 0 Å². The minimum Gasteiger partial charge on any atom is -0.484 e. The van der Waals surface area contributed by atoms with Gasteiger partial charge in [0.15, 0.2) is 5.90 Å². The summed E-state index contributed by atoms with van der Waals surface area (Å²) in [6.07, 6.45) is 1.17. The topological polar surface area (TPSA) is 21.6 Å². The molecule has 2 heteroatoms. The highest BCUT2D eigenvalue weighted by Gasteiger charge is 2.42. The highest BCUT2D eigenvalue weighted by molar-refractivity contribution is 5.82. The molecule has 0 N–H and O–H groups in total. The maximum atomic E-state index is 5.23. The number of rotatable bonds is 2. The van der Waals surface area contributed by atoms with E-state index >= 15 is 0 Å². The van der Waals surface area contributed by atoms with Gasteiger partial charge in [-0.25, -0.2) is 0 Å². The quantitative estimate of drug-likeness (QED) is 0.517. The van der Waals surface area contributed by atoms with E-state index in [0.29, 0.717) is 11.8 Å². The molecule has 2 atom stereocenters. The van der Waals surface area contributed by atoms with Crippen LogP contribution in [-0.2, 0) is 4.74 Å². The van der Waals surface area contributed by atoms with Gasteiger partial charge in [0.05, 0.1) is 7.11 Å². The van der Waals surface area contributed by atoms with Crippen LogP contribution in [0, 0.1) is 5.92 Å². The first-order chi connectivity index (χ1) is 6.86. The van der Waals surface area contributed by atoms with Crippen LogP contribution in [0.3, 0.4) is 0 Å². The van der Waals surface area contributed by atoms with Crippen LogP contribution in [0.2, 0.25) is 0 Å². The lowest BCUT2D eigenvalue weighted by atomic mass is 10.1. The molecule has 1 saturated carbocycles. The standard InChI is InChI=1S/C12H15NO/c1-13-12(14-2)11-8-10(11)9-6-4-3-5-7-9/h3-7,10-11H,8H2,1-2H3. The van der Waals surface area contributed by atoms with Crippen molar-refractivity contribution in [2.75, 3.05) is 14.2 Å². The summed E-state index contributed by atoms with van der Waals surface area (Å²) in [6, 6.07) is 10.6. The fourth-order valence-electron chi connectivity index (χ4n) is 1.95. The summed E-state index contributed by atoms with van der Waals surface area (Å²) >= 11 is 0. The Balaban J connectivity index is 2.06. The highest BCUT2D eigenvalue weighted by atomic mass is 16.5. The highest BCUT2D eigenvalue weighted by Crippen LogP contribution is 2.48. The Morgan fingerprint density at radius 2 is 2.07 bits per heavy atom. The molecule has 2 nitrogen and oxygen atoms in total. The average molecular weight is 189 g/mol. The van der Waals surface area contributed by atoms with Gasteiger partial charge in [-0.1, -0.05) is 30.3 Å². The molecule has 1 aliphatic carbocycles. The first-order valence-corrected chi connectivity index (χ1v) is 4.92. The Morgan fingerprint density at radius 3 is 2.64 bits per heavy atom. The van der Waals surface area contributed by atoms with E-state index < -0.39 is 0 Å². The lowest BCUT2D eigenvalue weighted by Gasteiger charge is -2.02.